The quantitative estimate of drug-likeness (QED) is 0.845. The molecule has 1 saturated carbocycles. The number of carbonyl (C=O) groups is 3. The molecule has 1 heterocycles. The van der Waals surface area contributed by atoms with E-state index in [9.17, 15) is 19.5 Å². The van der Waals surface area contributed by atoms with Crippen molar-refractivity contribution in [1.29, 1.82) is 0 Å². The second kappa shape index (κ2) is 7.48. The van der Waals surface area contributed by atoms with E-state index in [0.717, 1.165) is 49.8 Å². The third-order valence-corrected chi connectivity index (χ3v) is 5.61. The van der Waals surface area contributed by atoms with E-state index in [1.54, 1.807) is 11.8 Å². The number of hydrogen-bond donors (Lipinski definition) is 2. The van der Waals surface area contributed by atoms with Crippen LogP contribution in [-0.2, 0) is 20.8 Å². The van der Waals surface area contributed by atoms with Crippen LogP contribution in [-0.4, -0.2) is 29.4 Å². The van der Waals surface area contributed by atoms with E-state index < -0.39 is 11.4 Å². The molecular formula is C20H26N2O4. The van der Waals surface area contributed by atoms with Crippen LogP contribution in [0, 0.1) is 5.41 Å². The maximum absolute atomic E-state index is 12.6. The van der Waals surface area contributed by atoms with Crippen molar-refractivity contribution in [3.05, 3.63) is 23.8 Å². The van der Waals surface area contributed by atoms with Crippen molar-refractivity contribution in [2.24, 2.45) is 5.41 Å². The Morgan fingerprint density at radius 3 is 2.54 bits per heavy atom. The first-order chi connectivity index (χ1) is 12.4. The molecule has 0 spiro atoms. The maximum atomic E-state index is 12.6. The first kappa shape index (κ1) is 18.4. The van der Waals surface area contributed by atoms with Gasteiger partial charge in [0.1, 0.15) is 0 Å². The van der Waals surface area contributed by atoms with Crippen molar-refractivity contribution in [3.8, 4) is 0 Å². The van der Waals surface area contributed by atoms with Gasteiger partial charge in [-0.25, -0.2) is 0 Å². The monoisotopic (exact) mass is 358 g/mol. The highest BCUT2D eigenvalue weighted by Gasteiger charge is 2.36. The summed E-state index contributed by atoms with van der Waals surface area (Å²) in [6, 6.07) is 5.59. The summed E-state index contributed by atoms with van der Waals surface area (Å²) in [6.07, 6.45) is 5.76. The van der Waals surface area contributed by atoms with Gasteiger partial charge in [0.15, 0.2) is 0 Å². The number of carboxylic acids is 1. The lowest BCUT2D eigenvalue weighted by Crippen LogP contribution is -2.32. The maximum Gasteiger partial charge on any atom is 0.303 e. The van der Waals surface area contributed by atoms with E-state index in [2.05, 4.69) is 5.32 Å². The molecule has 2 amide bonds. The lowest BCUT2D eigenvalue weighted by atomic mass is 9.69. The molecule has 1 fully saturated rings. The fourth-order valence-electron chi connectivity index (χ4n) is 4.39. The number of fused-ring (bicyclic) bond motifs is 1. The van der Waals surface area contributed by atoms with Crippen LogP contribution in [0.5, 0.6) is 0 Å². The molecule has 2 aliphatic rings. The van der Waals surface area contributed by atoms with Gasteiger partial charge < -0.3 is 15.3 Å². The lowest BCUT2D eigenvalue weighted by Gasteiger charge is -2.35. The Labute approximate surface area is 153 Å². The molecule has 0 aromatic heterocycles. The van der Waals surface area contributed by atoms with Crippen molar-refractivity contribution in [3.63, 3.8) is 0 Å². The van der Waals surface area contributed by atoms with Crippen LogP contribution >= 0.6 is 0 Å². The molecule has 1 aromatic carbocycles. The standard InChI is InChI=1S/C20H26N2O4/c1-14(23)22-10-7-15-11-16(5-6-17(15)22)21-18(24)12-20(13-19(25)26)8-3-2-4-9-20/h5-6,11H,2-4,7-10,12-13H2,1H3,(H,21,24)(H,25,26). The van der Waals surface area contributed by atoms with Gasteiger partial charge in [-0.05, 0) is 48.4 Å². The number of anilines is 2. The zero-order valence-electron chi connectivity index (χ0n) is 15.2. The number of aliphatic carboxylic acids is 1. The summed E-state index contributed by atoms with van der Waals surface area (Å²) in [5, 5.41) is 12.2. The second-order valence-electron chi connectivity index (χ2n) is 7.62. The molecule has 1 aliphatic carbocycles. The molecule has 2 N–H and O–H groups in total. The summed E-state index contributed by atoms with van der Waals surface area (Å²) >= 11 is 0. The van der Waals surface area contributed by atoms with E-state index in [1.165, 1.54) is 0 Å². The van der Waals surface area contributed by atoms with Gasteiger partial charge in [-0.15, -0.1) is 0 Å². The minimum absolute atomic E-state index is 0.0217. The average Bonchev–Trinajstić information content (AvgIpc) is 2.98. The molecule has 0 bridgehead atoms. The van der Waals surface area contributed by atoms with E-state index in [0.29, 0.717) is 12.2 Å². The number of nitrogens with one attached hydrogen (secondary N) is 1. The molecule has 0 atom stereocenters. The van der Waals surface area contributed by atoms with E-state index in [1.807, 2.05) is 18.2 Å². The van der Waals surface area contributed by atoms with Gasteiger partial charge >= 0.3 is 5.97 Å². The molecular weight excluding hydrogens is 332 g/mol. The van der Waals surface area contributed by atoms with Gasteiger partial charge in [0.25, 0.3) is 0 Å². The van der Waals surface area contributed by atoms with Gasteiger partial charge in [0.2, 0.25) is 11.8 Å². The number of benzene rings is 1. The Morgan fingerprint density at radius 1 is 1.15 bits per heavy atom. The minimum Gasteiger partial charge on any atom is -0.481 e. The molecule has 6 nitrogen and oxygen atoms in total. The minimum atomic E-state index is -0.832. The second-order valence-corrected chi connectivity index (χ2v) is 7.62. The summed E-state index contributed by atoms with van der Waals surface area (Å²) in [5.41, 5.74) is 2.25. The molecule has 6 heteroatoms. The smallest absolute Gasteiger partial charge is 0.303 e. The fourth-order valence-corrected chi connectivity index (χ4v) is 4.39. The third-order valence-electron chi connectivity index (χ3n) is 5.61. The van der Waals surface area contributed by atoms with Gasteiger partial charge in [0, 0.05) is 31.3 Å². The van der Waals surface area contributed by atoms with Crippen LogP contribution in [0.25, 0.3) is 0 Å². The number of carbonyl (C=O) groups excluding carboxylic acids is 2. The summed E-state index contributed by atoms with van der Waals surface area (Å²) in [4.78, 5) is 37.2. The lowest BCUT2D eigenvalue weighted by molar-refractivity contribution is -0.141. The molecule has 1 aliphatic heterocycles. The Bertz CT molecular complexity index is 723. The number of nitrogens with zero attached hydrogens (tertiary/aromatic N) is 1. The highest BCUT2D eigenvalue weighted by molar-refractivity contribution is 5.95. The molecule has 0 unspecified atom stereocenters. The Morgan fingerprint density at radius 2 is 1.88 bits per heavy atom. The molecule has 26 heavy (non-hydrogen) atoms. The molecule has 0 radical (unpaired) electrons. The topological polar surface area (TPSA) is 86.7 Å². The van der Waals surface area contributed by atoms with Crippen molar-refractivity contribution < 1.29 is 19.5 Å². The molecule has 140 valence electrons. The Hall–Kier alpha value is -2.37. The first-order valence-corrected chi connectivity index (χ1v) is 9.31. The van der Waals surface area contributed by atoms with E-state index in [4.69, 9.17) is 0 Å². The third kappa shape index (κ3) is 4.06. The summed E-state index contributed by atoms with van der Waals surface area (Å²) in [5.74, 6) is -0.940. The molecule has 0 saturated heterocycles. The molecule has 1 aromatic rings. The number of amides is 2. The van der Waals surface area contributed by atoms with Crippen molar-refractivity contribution in [1.82, 2.24) is 0 Å². The Balaban J connectivity index is 1.68. The Kier molecular flexibility index (Phi) is 5.30. The van der Waals surface area contributed by atoms with Crippen molar-refractivity contribution in [2.75, 3.05) is 16.8 Å². The highest BCUT2D eigenvalue weighted by atomic mass is 16.4. The van der Waals surface area contributed by atoms with Gasteiger partial charge in [-0.1, -0.05) is 19.3 Å². The van der Waals surface area contributed by atoms with E-state index in [-0.39, 0.29) is 24.7 Å². The van der Waals surface area contributed by atoms with Crippen LogP contribution in [0.1, 0.15) is 57.4 Å². The van der Waals surface area contributed by atoms with E-state index >= 15 is 0 Å². The van der Waals surface area contributed by atoms with Crippen LogP contribution < -0.4 is 10.2 Å². The van der Waals surface area contributed by atoms with Crippen LogP contribution in [0.4, 0.5) is 11.4 Å². The first-order valence-electron chi connectivity index (χ1n) is 9.31. The normalized spacial score (nSPS) is 18.3. The zero-order valence-corrected chi connectivity index (χ0v) is 15.2. The van der Waals surface area contributed by atoms with Crippen LogP contribution in [0.2, 0.25) is 0 Å². The summed E-state index contributed by atoms with van der Waals surface area (Å²) < 4.78 is 0. The predicted molar refractivity (Wildman–Crippen MR) is 99.2 cm³/mol. The SMILES string of the molecule is CC(=O)N1CCc2cc(NC(=O)CC3(CC(=O)O)CCCCC3)ccc21. The number of rotatable bonds is 5. The van der Waals surface area contributed by atoms with Crippen molar-refractivity contribution in [2.45, 2.75) is 58.3 Å². The van der Waals surface area contributed by atoms with Crippen LogP contribution in [0.3, 0.4) is 0 Å². The predicted octanol–water partition coefficient (Wildman–Crippen LogP) is 3.35. The van der Waals surface area contributed by atoms with Gasteiger partial charge in [-0.3, -0.25) is 14.4 Å². The fraction of sp³-hybridized carbons (Fsp3) is 0.550. The van der Waals surface area contributed by atoms with Crippen molar-refractivity contribution >= 4 is 29.2 Å². The number of hydrogen-bond acceptors (Lipinski definition) is 3. The summed E-state index contributed by atoms with van der Waals surface area (Å²) in [6.45, 7) is 2.22. The zero-order chi connectivity index (χ0) is 18.7. The average molecular weight is 358 g/mol. The summed E-state index contributed by atoms with van der Waals surface area (Å²) in [7, 11) is 0. The molecule has 3 rings (SSSR count). The highest BCUT2D eigenvalue weighted by Crippen LogP contribution is 2.42. The largest absolute Gasteiger partial charge is 0.481 e. The van der Waals surface area contributed by atoms with Gasteiger partial charge in [-0.2, -0.15) is 0 Å². The number of carboxylic acid groups (broad SMARTS) is 1. The van der Waals surface area contributed by atoms with Crippen LogP contribution in [0.15, 0.2) is 18.2 Å². The van der Waals surface area contributed by atoms with Gasteiger partial charge in [0.05, 0.1) is 6.42 Å².